The Balaban J connectivity index is 2.36. The van der Waals surface area contributed by atoms with Crippen LogP contribution < -0.4 is 0 Å². The average Bonchev–Trinajstić information content (AvgIpc) is 2.95. The molecule has 0 unspecified atom stereocenters. The van der Waals surface area contributed by atoms with Gasteiger partial charge in [-0.25, -0.2) is 14.8 Å². The number of hydrogen-bond acceptors (Lipinski definition) is 6. The Bertz CT molecular complexity index is 590. The van der Waals surface area contributed by atoms with E-state index < -0.39 is 6.03 Å². The first-order valence-corrected chi connectivity index (χ1v) is 5.37. The number of nitrogens with zero attached hydrogens (tertiary/aromatic N) is 7. The molecule has 0 aliphatic heterocycles. The summed E-state index contributed by atoms with van der Waals surface area (Å²) in [7, 11) is 0. The number of nitriles is 1. The summed E-state index contributed by atoms with van der Waals surface area (Å²) in [6.45, 7) is 4.01. The van der Waals surface area contributed by atoms with Crippen LogP contribution in [-0.2, 0) is 6.42 Å². The molecule has 0 saturated carbocycles. The molecule has 0 bridgehead atoms. The minimum atomic E-state index is -0.577. The molecule has 0 fully saturated rings. The SMILES string of the molecule is CC(C)Cc1nc(C#N)n(C(=O)n2cncn2)n1. The fourth-order valence-electron chi connectivity index (χ4n) is 1.42. The fourth-order valence-corrected chi connectivity index (χ4v) is 1.42. The van der Waals surface area contributed by atoms with Crippen LogP contribution in [0.2, 0.25) is 0 Å². The maximum Gasteiger partial charge on any atom is 0.373 e. The van der Waals surface area contributed by atoms with Crippen LogP contribution in [0.3, 0.4) is 0 Å². The maximum atomic E-state index is 12.0. The number of rotatable bonds is 2. The van der Waals surface area contributed by atoms with Gasteiger partial charge in [-0.3, -0.25) is 0 Å². The van der Waals surface area contributed by atoms with Gasteiger partial charge in [0.05, 0.1) is 0 Å². The highest BCUT2D eigenvalue weighted by molar-refractivity contribution is 5.78. The van der Waals surface area contributed by atoms with Gasteiger partial charge in [0.25, 0.3) is 0 Å². The minimum Gasteiger partial charge on any atom is -0.243 e. The van der Waals surface area contributed by atoms with Gasteiger partial charge in [0, 0.05) is 6.42 Å². The van der Waals surface area contributed by atoms with E-state index in [-0.39, 0.29) is 5.82 Å². The van der Waals surface area contributed by atoms with Crippen LogP contribution in [0.5, 0.6) is 0 Å². The van der Waals surface area contributed by atoms with Gasteiger partial charge in [-0.05, 0) is 5.92 Å². The first-order chi connectivity index (χ1) is 8.61. The summed E-state index contributed by atoms with van der Waals surface area (Å²) in [5, 5.41) is 16.7. The highest BCUT2D eigenvalue weighted by Crippen LogP contribution is 2.05. The van der Waals surface area contributed by atoms with Crippen LogP contribution >= 0.6 is 0 Å². The van der Waals surface area contributed by atoms with E-state index in [2.05, 4.69) is 20.2 Å². The lowest BCUT2D eigenvalue weighted by Crippen LogP contribution is -2.22. The Morgan fingerprint density at radius 2 is 2.33 bits per heavy atom. The minimum absolute atomic E-state index is 0.0499. The zero-order valence-electron chi connectivity index (χ0n) is 9.98. The van der Waals surface area contributed by atoms with Crippen molar-refractivity contribution < 1.29 is 4.79 Å². The van der Waals surface area contributed by atoms with E-state index in [1.165, 1.54) is 12.7 Å². The van der Waals surface area contributed by atoms with Crippen molar-refractivity contribution in [1.82, 2.24) is 29.5 Å². The molecule has 8 nitrogen and oxygen atoms in total. The van der Waals surface area contributed by atoms with Crippen LogP contribution in [0.1, 0.15) is 25.5 Å². The third kappa shape index (κ3) is 2.24. The second-order valence-electron chi connectivity index (χ2n) is 4.10. The maximum absolute atomic E-state index is 12.0. The smallest absolute Gasteiger partial charge is 0.243 e. The number of aromatic nitrogens is 6. The largest absolute Gasteiger partial charge is 0.373 e. The third-order valence-electron chi connectivity index (χ3n) is 2.14. The second kappa shape index (κ2) is 4.75. The van der Waals surface area contributed by atoms with E-state index >= 15 is 0 Å². The molecule has 0 aliphatic rings. The Morgan fingerprint density at radius 3 is 2.89 bits per heavy atom. The molecule has 0 aromatic carbocycles. The topological polar surface area (TPSA) is 102 Å². The second-order valence-corrected chi connectivity index (χ2v) is 4.10. The van der Waals surface area contributed by atoms with E-state index in [0.717, 1.165) is 9.36 Å². The highest BCUT2D eigenvalue weighted by Gasteiger charge is 2.18. The van der Waals surface area contributed by atoms with Crippen molar-refractivity contribution in [2.45, 2.75) is 20.3 Å². The Kier molecular flexibility index (Phi) is 3.14. The van der Waals surface area contributed by atoms with E-state index in [1.54, 1.807) is 0 Å². The van der Waals surface area contributed by atoms with Crippen molar-refractivity contribution in [3.8, 4) is 6.07 Å². The molecule has 2 rings (SSSR count). The standard InChI is InChI=1S/C10H11N7O/c1-7(2)3-8-14-9(4-11)17(15-8)10(18)16-6-12-5-13-16/h5-7H,3H2,1-2H3. The molecule has 2 aromatic heterocycles. The van der Waals surface area contributed by atoms with Gasteiger partial charge in [0.2, 0.25) is 5.82 Å². The van der Waals surface area contributed by atoms with Crippen LogP contribution in [0.4, 0.5) is 4.79 Å². The number of carbonyl (C=O) groups excluding carboxylic acids is 1. The van der Waals surface area contributed by atoms with Crippen LogP contribution in [0.25, 0.3) is 0 Å². The van der Waals surface area contributed by atoms with Gasteiger partial charge in [-0.15, -0.1) is 9.78 Å². The van der Waals surface area contributed by atoms with Gasteiger partial charge >= 0.3 is 6.03 Å². The number of hydrogen-bond donors (Lipinski definition) is 0. The van der Waals surface area contributed by atoms with Crippen molar-refractivity contribution in [3.05, 3.63) is 24.3 Å². The van der Waals surface area contributed by atoms with Crippen molar-refractivity contribution in [1.29, 1.82) is 5.26 Å². The van der Waals surface area contributed by atoms with E-state index in [0.29, 0.717) is 18.2 Å². The quantitative estimate of drug-likeness (QED) is 0.761. The Morgan fingerprint density at radius 1 is 1.56 bits per heavy atom. The zero-order chi connectivity index (χ0) is 13.1. The van der Waals surface area contributed by atoms with Gasteiger partial charge in [0.15, 0.2) is 5.82 Å². The average molecular weight is 245 g/mol. The zero-order valence-corrected chi connectivity index (χ0v) is 9.98. The van der Waals surface area contributed by atoms with Gasteiger partial charge in [0.1, 0.15) is 18.7 Å². The van der Waals surface area contributed by atoms with Gasteiger partial charge in [-0.2, -0.15) is 15.0 Å². The molecule has 0 spiro atoms. The summed E-state index contributed by atoms with van der Waals surface area (Å²) in [6.07, 6.45) is 3.08. The van der Waals surface area contributed by atoms with E-state index in [1.807, 2.05) is 19.9 Å². The fraction of sp³-hybridized carbons (Fsp3) is 0.400. The predicted molar refractivity (Wildman–Crippen MR) is 59.5 cm³/mol. The molecule has 0 N–H and O–H groups in total. The Labute approximate surface area is 103 Å². The lowest BCUT2D eigenvalue weighted by molar-refractivity contribution is 0.237. The van der Waals surface area contributed by atoms with Gasteiger partial charge < -0.3 is 0 Å². The molecule has 2 aromatic rings. The molecule has 92 valence electrons. The van der Waals surface area contributed by atoms with Crippen molar-refractivity contribution >= 4 is 6.03 Å². The third-order valence-corrected chi connectivity index (χ3v) is 2.14. The molecule has 0 amide bonds. The Hall–Kier alpha value is -2.56. The monoisotopic (exact) mass is 245 g/mol. The first-order valence-electron chi connectivity index (χ1n) is 5.37. The molecular weight excluding hydrogens is 234 g/mol. The summed E-state index contributed by atoms with van der Waals surface area (Å²) < 4.78 is 1.93. The summed E-state index contributed by atoms with van der Waals surface area (Å²) in [6, 6.07) is 1.26. The lowest BCUT2D eigenvalue weighted by Gasteiger charge is -1.99. The molecule has 0 radical (unpaired) electrons. The molecule has 0 aliphatic carbocycles. The van der Waals surface area contributed by atoms with Gasteiger partial charge in [-0.1, -0.05) is 13.8 Å². The molecule has 8 heteroatoms. The normalized spacial score (nSPS) is 10.6. The van der Waals surface area contributed by atoms with Crippen LogP contribution in [0, 0.1) is 17.2 Å². The molecule has 0 atom stereocenters. The van der Waals surface area contributed by atoms with Crippen molar-refractivity contribution in [3.63, 3.8) is 0 Å². The van der Waals surface area contributed by atoms with Crippen molar-refractivity contribution in [2.24, 2.45) is 5.92 Å². The molecule has 2 heterocycles. The van der Waals surface area contributed by atoms with E-state index in [4.69, 9.17) is 5.26 Å². The molecular formula is C10H11N7O. The predicted octanol–water partition coefficient (Wildman–Crippen LogP) is 0.456. The summed E-state index contributed by atoms with van der Waals surface area (Å²) in [5.41, 5.74) is 0. The van der Waals surface area contributed by atoms with Crippen LogP contribution in [0.15, 0.2) is 12.7 Å². The first kappa shape index (κ1) is 11.9. The molecule has 18 heavy (non-hydrogen) atoms. The summed E-state index contributed by atoms with van der Waals surface area (Å²) in [4.78, 5) is 19.6. The highest BCUT2D eigenvalue weighted by atomic mass is 16.2. The summed E-state index contributed by atoms with van der Waals surface area (Å²) >= 11 is 0. The lowest BCUT2D eigenvalue weighted by atomic mass is 10.1. The number of carbonyl (C=O) groups is 1. The summed E-state index contributed by atoms with van der Waals surface area (Å²) in [5.74, 6) is 0.759. The molecule has 0 saturated heterocycles. The van der Waals surface area contributed by atoms with E-state index in [9.17, 15) is 4.79 Å². The van der Waals surface area contributed by atoms with Crippen molar-refractivity contribution in [2.75, 3.05) is 0 Å². The van der Waals surface area contributed by atoms with Crippen LogP contribution in [-0.4, -0.2) is 35.6 Å².